The van der Waals surface area contributed by atoms with Crippen LogP contribution in [0.1, 0.15) is 25.0 Å². The van der Waals surface area contributed by atoms with Crippen molar-refractivity contribution in [3.8, 4) is 11.5 Å². The molecular weight excluding hydrogens is 328 g/mol. The van der Waals surface area contributed by atoms with Crippen LogP contribution in [0, 0.1) is 13.8 Å². The first-order valence-electron chi connectivity index (χ1n) is 8.95. The summed E-state index contributed by atoms with van der Waals surface area (Å²) in [5.41, 5.74) is 2.24. The number of rotatable bonds is 6. The lowest BCUT2D eigenvalue weighted by atomic mass is 9.97. The molecule has 0 saturated heterocycles. The van der Waals surface area contributed by atoms with E-state index in [2.05, 4.69) is 12.1 Å². The van der Waals surface area contributed by atoms with E-state index in [4.69, 9.17) is 9.47 Å². The van der Waals surface area contributed by atoms with E-state index in [1.54, 1.807) is 13.8 Å². The number of hydrogen-bond donors (Lipinski definition) is 2. The van der Waals surface area contributed by atoms with E-state index in [0.29, 0.717) is 0 Å². The van der Waals surface area contributed by atoms with Crippen molar-refractivity contribution in [3.63, 3.8) is 0 Å². The summed E-state index contributed by atoms with van der Waals surface area (Å²) in [6.07, 6.45) is -1.11. The van der Waals surface area contributed by atoms with E-state index in [9.17, 15) is 10.2 Å². The summed E-state index contributed by atoms with van der Waals surface area (Å²) in [5, 5.41) is 23.1. The van der Waals surface area contributed by atoms with Crippen molar-refractivity contribution in [1.82, 2.24) is 0 Å². The van der Waals surface area contributed by atoms with E-state index in [1.165, 1.54) is 0 Å². The summed E-state index contributed by atoms with van der Waals surface area (Å²) in [6, 6.07) is 12.3. The van der Waals surface area contributed by atoms with Crippen LogP contribution in [0.2, 0.25) is 0 Å². The third-order valence-electron chi connectivity index (χ3n) is 4.27. The minimum absolute atomic E-state index is 0.222. The largest absolute Gasteiger partial charge is 0.490 e. The molecule has 0 amide bonds. The maximum atomic E-state index is 9.68. The van der Waals surface area contributed by atoms with Gasteiger partial charge in [0.2, 0.25) is 0 Å². The molecule has 2 atom stereocenters. The average molecular weight is 354 g/mol. The van der Waals surface area contributed by atoms with Crippen molar-refractivity contribution in [2.45, 2.75) is 39.9 Å². The number of aryl methyl sites for hydroxylation is 2. The van der Waals surface area contributed by atoms with Gasteiger partial charge in [0, 0.05) is 21.5 Å². The number of fused-ring (bicyclic) bond motifs is 2. The minimum Gasteiger partial charge on any atom is -0.490 e. The van der Waals surface area contributed by atoms with Crippen LogP contribution in [0.25, 0.3) is 21.5 Å². The van der Waals surface area contributed by atoms with Gasteiger partial charge >= 0.3 is 0 Å². The molecule has 3 aromatic carbocycles. The van der Waals surface area contributed by atoms with Crippen molar-refractivity contribution in [2.24, 2.45) is 0 Å². The SMILES string of the molecule is Cc1ccc2c(OCC(C)O)c3cc(C)ccc3c(OCC(C)O)c2c1. The molecule has 0 spiro atoms. The molecule has 0 fully saturated rings. The van der Waals surface area contributed by atoms with Crippen LogP contribution in [0.15, 0.2) is 36.4 Å². The highest BCUT2D eigenvalue weighted by atomic mass is 16.5. The van der Waals surface area contributed by atoms with Crippen LogP contribution in [-0.4, -0.2) is 35.6 Å². The Morgan fingerprint density at radius 2 is 1.08 bits per heavy atom. The van der Waals surface area contributed by atoms with Crippen molar-refractivity contribution in [1.29, 1.82) is 0 Å². The van der Waals surface area contributed by atoms with Gasteiger partial charge < -0.3 is 19.7 Å². The molecule has 0 aliphatic rings. The first-order chi connectivity index (χ1) is 12.4. The van der Waals surface area contributed by atoms with E-state index in [-0.39, 0.29) is 13.2 Å². The second kappa shape index (κ2) is 7.52. The Kier molecular flexibility index (Phi) is 5.35. The predicted octanol–water partition coefficient (Wildman–Crippen LogP) is 4.13. The van der Waals surface area contributed by atoms with Crippen molar-refractivity contribution >= 4 is 21.5 Å². The number of hydrogen-bond acceptors (Lipinski definition) is 4. The molecule has 3 rings (SSSR count). The lowest BCUT2D eigenvalue weighted by molar-refractivity contribution is 0.123. The van der Waals surface area contributed by atoms with Crippen molar-refractivity contribution in [2.75, 3.05) is 13.2 Å². The zero-order chi connectivity index (χ0) is 18.8. The zero-order valence-corrected chi connectivity index (χ0v) is 15.7. The highest BCUT2D eigenvalue weighted by Gasteiger charge is 2.17. The van der Waals surface area contributed by atoms with Crippen LogP contribution < -0.4 is 9.47 Å². The van der Waals surface area contributed by atoms with Gasteiger partial charge in [-0.2, -0.15) is 0 Å². The molecule has 2 unspecified atom stereocenters. The predicted molar refractivity (Wildman–Crippen MR) is 105 cm³/mol. The van der Waals surface area contributed by atoms with Crippen LogP contribution in [0.3, 0.4) is 0 Å². The van der Waals surface area contributed by atoms with Gasteiger partial charge in [0.1, 0.15) is 24.7 Å². The highest BCUT2D eigenvalue weighted by Crippen LogP contribution is 2.43. The number of aliphatic hydroxyl groups is 2. The van der Waals surface area contributed by atoms with Crippen molar-refractivity contribution in [3.05, 3.63) is 47.5 Å². The normalized spacial score (nSPS) is 13.8. The Morgan fingerprint density at radius 3 is 1.42 bits per heavy atom. The van der Waals surface area contributed by atoms with Crippen LogP contribution in [0.5, 0.6) is 11.5 Å². The summed E-state index contributed by atoms with van der Waals surface area (Å²) in [6.45, 7) is 7.93. The van der Waals surface area contributed by atoms with Gasteiger partial charge in [0.25, 0.3) is 0 Å². The maximum absolute atomic E-state index is 9.68. The molecule has 0 radical (unpaired) electrons. The first kappa shape index (κ1) is 18.5. The molecule has 0 heterocycles. The van der Waals surface area contributed by atoms with Gasteiger partial charge in [-0.15, -0.1) is 0 Å². The Labute approximate surface area is 154 Å². The number of benzene rings is 3. The quantitative estimate of drug-likeness (QED) is 0.654. The monoisotopic (exact) mass is 354 g/mol. The summed E-state index contributed by atoms with van der Waals surface area (Å²) >= 11 is 0. The van der Waals surface area contributed by atoms with E-state index >= 15 is 0 Å². The summed E-state index contributed by atoms with van der Waals surface area (Å²) in [7, 11) is 0. The smallest absolute Gasteiger partial charge is 0.135 e. The van der Waals surface area contributed by atoms with Gasteiger partial charge in [0.15, 0.2) is 0 Å². The molecule has 26 heavy (non-hydrogen) atoms. The van der Waals surface area contributed by atoms with Gasteiger partial charge in [-0.25, -0.2) is 0 Å². The summed E-state index contributed by atoms with van der Waals surface area (Å²) in [5.74, 6) is 1.51. The third kappa shape index (κ3) is 3.76. The summed E-state index contributed by atoms with van der Waals surface area (Å²) in [4.78, 5) is 0. The van der Waals surface area contributed by atoms with E-state index in [0.717, 1.165) is 44.2 Å². The fourth-order valence-corrected chi connectivity index (χ4v) is 3.10. The molecule has 0 aliphatic carbocycles. The summed E-state index contributed by atoms with van der Waals surface area (Å²) < 4.78 is 12.0. The molecule has 0 bridgehead atoms. The van der Waals surface area contributed by atoms with Crippen molar-refractivity contribution < 1.29 is 19.7 Å². The minimum atomic E-state index is -0.554. The van der Waals surface area contributed by atoms with E-state index in [1.807, 2.05) is 38.1 Å². The van der Waals surface area contributed by atoms with Gasteiger partial charge in [-0.1, -0.05) is 35.4 Å². The molecule has 4 nitrogen and oxygen atoms in total. The molecule has 0 aliphatic heterocycles. The second-order valence-corrected chi connectivity index (χ2v) is 7.08. The molecule has 0 saturated carbocycles. The van der Waals surface area contributed by atoms with Crippen LogP contribution in [-0.2, 0) is 0 Å². The first-order valence-corrected chi connectivity index (χ1v) is 8.95. The molecule has 4 heteroatoms. The zero-order valence-electron chi connectivity index (χ0n) is 15.7. The fourth-order valence-electron chi connectivity index (χ4n) is 3.10. The Bertz CT molecular complexity index is 851. The molecule has 3 aromatic rings. The Morgan fingerprint density at radius 1 is 0.692 bits per heavy atom. The topological polar surface area (TPSA) is 58.9 Å². The average Bonchev–Trinajstić information content (AvgIpc) is 2.57. The molecule has 2 N–H and O–H groups in total. The number of aliphatic hydroxyl groups excluding tert-OH is 2. The Balaban J connectivity index is 2.32. The maximum Gasteiger partial charge on any atom is 0.135 e. The highest BCUT2D eigenvalue weighted by molar-refractivity contribution is 6.11. The third-order valence-corrected chi connectivity index (χ3v) is 4.27. The van der Waals surface area contributed by atoms with Gasteiger partial charge in [-0.05, 0) is 39.8 Å². The van der Waals surface area contributed by atoms with Gasteiger partial charge in [-0.3, -0.25) is 0 Å². The number of ether oxygens (including phenoxy) is 2. The van der Waals surface area contributed by atoms with Crippen LogP contribution in [0.4, 0.5) is 0 Å². The lowest BCUT2D eigenvalue weighted by Gasteiger charge is -2.19. The molecule has 0 aromatic heterocycles. The van der Waals surface area contributed by atoms with Crippen LogP contribution >= 0.6 is 0 Å². The molecule has 138 valence electrons. The second-order valence-electron chi connectivity index (χ2n) is 7.08. The lowest BCUT2D eigenvalue weighted by Crippen LogP contribution is -2.14. The Hall–Kier alpha value is -2.30. The standard InChI is InChI=1S/C22H26O4/c1-13-5-7-17-19(9-13)21(25-11-15(3)23)18-8-6-14(2)10-20(18)22(17)26-12-16(4)24/h5-10,15-16,23-24H,11-12H2,1-4H3. The van der Waals surface area contributed by atoms with Gasteiger partial charge in [0.05, 0.1) is 12.2 Å². The van der Waals surface area contributed by atoms with E-state index < -0.39 is 12.2 Å². The fraction of sp³-hybridized carbons (Fsp3) is 0.364. The molecular formula is C22H26O4.